The van der Waals surface area contributed by atoms with Gasteiger partial charge in [-0.05, 0) is 5.56 Å². The molecule has 0 heterocycles. The Kier molecular flexibility index (Phi) is 7.29. The molecule has 1 fully saturated rings. The topological polar surface area (TPSA) is 147 Å². The third-order valence-electron chi connectivity index (χ3n) is 4.77. The van der Waals surface area contributed by atoms with Crippen LogP contribution in [0, 0.1) is 0 Å². The van der Waals surface area contributed by atoms with E-state index >= 15 is 0 Å². The first-order valence-corrected chi connectivity index (χ1v) is 8.36. The zero-order valence-corrected chi connectivity index (χ0v) is 14.0. The Bertz CT molecular complexity index is 513. The normalized spacial score (nSPS) is 32.9. The van der Waals surface area contributed by atoms with Gasteiger partial charge in [-0.15, -0.1) is 0 Å². The van der Waals surface area contributed by atoms with Crippen LogP contribution in [0.5, 0.6) is 0 Å². The quantitative estimate of drug-likeness (QED) is 0.258. The molecule has 0 amide bonds. The lowest BCUT2D eigenvalue weighted by molar-refractivity contribution is -0.736. The highest BCUT2D eigenvalue weighted by molar-refractivity contribution is 5.13. The predicted molar refractivity (Wildman–Crippen MR) is 87.4 cm³/mol. The monoisotopic (exact) mass is 358 g/mol. The predicted octanol–water partition coefficient (Wildman–Crippen LogP) is -3.29. The van der Waals surface area contributed by atoms with Crippen molar-refractivity contribution >= 4 is 0 Å². The van der Waals surface area contributed by atoms with Gasteiger partial charge in [0, 0.05) is 6.42 Å². The van der Waals surface area contributed by atoms with E-state index in [0.717, 1.165) is 5.56 Å². The van der Waals surface area contributed by atoms with E-state index in [9.17, 15) is 30.6 Å². The summed E-state index contributed by atoms with van der Waals surface area (Å²) in [6.07, 6.45) is -3.89. The number of hydrogen-bond acceptors (Lipinski definition) is 7. The van der Waals surface area contributed by atoms with E-state index in [0.29, 0.717) is 0 Å². The van der Waals surface area contributed by atoms with Crippen LogP contribution in [-0.4, -0.2) is 86.5 Å². The summed E-state index contributed by atoms with van der Waals surface area (Å²) < 4.78 is 5.79. The van der Waals surface area contributed by atoms with Crippen molar-refractivity contribution in [2.24, 2.45) is 0 Å². The van der Waals surface area contributed by atoms with Gasteiger partial charge in [-0.2, -0.15) is 0 Å². The SMILES string of the molecule is OCC(CO)[NH2+][C@H]1C[C@](O)(CO)[C@@H](O)[C@H](O)[C@H]1OCc1ccccc1. The molecule has 0 bridgehead atoms. The molecule has 0 aromatic heterocycles. The third kappa shape index (κ3) is 4.75. The molecule has 1 aliphatic rings. The Labute approximate surface area is 146 Å². The zero-order chi connectivity index (χ0) is 18.4. The van der Waals surface area contributed by atoms with Crippen LogP contribution in [0.3, 0.4) is 0 Å². The highest BCUT2D eigenvalue weighted by atomic mass is 16.5. The molecule has 8 nitrogen and oxygen atoms in total. The number of aliphatic hydroxyl groups excluding tert-OH is 5. The number of ether oxygens (including phenoxy) is 1. The van der Waals surface area contributed by atoms with Gasteiger partial charge in [-0.25, -0.2) is 0 Å². The summed E-state index contributed by atoms with van der Waals surface area (Å²) >= 11 is 0. The average molecular weight is 358 g/mol. The number of nitrogens with two attached hydrogens (primary N) is 1. The lowest BCUT2D eigenvalue weighted by Gasteiger charge is -2.45. The Morgan fingerprint density at radius 3 is 2.32 bits per heavy atom. The second-order valence-electron chi connectivity index (χ2n) is 6.64. The molecule has 0 aliphatic heterocycles. The lowest BCUT2D eigenvalue weighted by atomic mass is 9.76. The summed E-state index contributed by atoms with van der Waals surface area (Å²) in [5, 5.41) is 60.6. The number of rotatable bonds is 8. The molecular weight excluding hydrogens is 330 g/mol. The Hall–Kier alpha value is -1.10. The van der Waals surface area contributed by atoms with Gasteiger partial charge < -0.3 is 40.7 Å². The molecule has 1 aromatic rings. The first-order chi connectivity index (χ1) is 11.9. The number of aliphatic hydroxyl groups is 6. The van der Waals surface area contributed by atoms with E-state index in [4.69, 9.17) is 4.74 Å². The van der Waals surface area contributed by atoms with Crippen molar-refractivity contribution in [1.29, 1.82) is 0 Å². The summed E-state index contributed by atoms with van der Waals surface area (Å²) in [5.74, 6) is 0. The van der Waals surface area contributed by atoms with Crippen molar-refractivity contribution in [3.63, 3.8) is 0 Å². The van der Waals surface area contributed by atoms with Crippen molar-refractivity contribution in [3.8, 4) is 0 Å². The van der Waals surface area contributed by atoms with Crippen LogP contribution in [0.15, 0.2) is 30.3 Å². The third-order valence-corrected chi connectivity index (χ3v) is 4.77. The minimum absolute atomic E-state index is 0.0579. The van der Waals surface area contributed by atoms with Crippen LogP contribution in [0.1, 0.15) is 12.0 Å². The molecule has 0 spiro atoms. The zero-order valence-electron chi connectivity index (χ0n) is 14.0. The van der Waals surface area contributed by atoms with Crippen LogP contribution in [-0.2, 0) is 11.3 Å². The summed E-state index contributed by atoms with van der Waals surface area (Å²) in [6.45, 7) is -1.12. The summed E-state index contributed by atoms with van der Waals surface area (Å²) in [4.78, 5) is 0. The molecule has 2 rings (SSSR count). The fourth-order valence-electron chi connectivity index (χ4n) is 3.25. The van der Waals surface area contributed by atoms with E-state index in [1.165, 1.54) is 0 Å². The van der Waals surface area contributed by atoms with Gasteiger partial charge in [0.1, 0.15) is 36.0 Å². The molecule has 5 atom stereocenters. The largest absolute Gasteiger partial charge is 0.393 e. The van der Waals surface area contributed by atoms with Crippen molar-refractivity contribution in [3.05, 3.63) is 35.9 Å². The van der Waals surface area contributed by atoms with Gasteiger partial charge >= 0.3 is 0 Å². The maximum Gasteiger partial charge on any atom is 0.138 e. The van der Waals surface area contributed by atoms with Crippen LogP contribution >= 0.6 is 0 Å². The minimum Gasteiger partial charge on any atom is -0.393 e. The van der Waals surface area contributed by atoms with Crippen molar-refractivity contribution in [2.75, 3.05) is 19.8 Å². The van der Waals surface area contributed by atoms with Crippen molar-refractivity contribution in [1.82, 2.24) is 0 Å². The Morgan fingerprint density at radius 2 is 1.76 bits per heavy atom. The molecule has 0 unspecified atom stereocenters. The maximum atomic E-state index is 10.4. The van der Waals surface area contributed by atoms with E-state index in [2.05, 4.69) is 0 Å². The molecule has 0 saturated heterocycles. The standard InChI is InChI=1S/C17H27NO7/c19-7-12(8-20)18-13-6-17(24,10-21)16(23)14(22)15(13)25-9-11-4-2-1-3-5-11/h1-5,12-16,18-24H,6-10H2/p+1/t13-,14+,15-,16-,17-/m0/s1. The van der Waals surface area contributed by atoms with Crippen molar-refractivity contribution < 1.29 is 40.7 Å². The first kappa shape index (κ1) is 20.2. The molecule has 0 radical (unpaired) electrons. The molecule has 25 heavy (non-hydrogen) atoms. The van der Waals surface area contributed by atoms with E-state index in [-0.39, 0.29) is 26.2 Å². The smallest absolute Gasteiger partial charge is 0.138 e. The fourth-order valence-corrected chi connectivity index (χ4v) is 3.25. The maximum absolute atomic E-state index is 10.4. The summed E-state index contributed by atoms with van der Waals surface area (Å²) in [5.41, 5.74) is -0.991. The molecule has 1 aromatic carbocycles. The molecular formula is C17H28NO7+. The molecule has 1 aliphatic carbocycles. The number of benzene rings is 1. The van der Waals surface area contributed by atoms with Crippen LogP contribution < -0.4 is 5.32 Å². The van der Waals surface area contributed by atoms with Gasteiger partial charge in [0.2, 0.25) is 0 Å². The lowest BCUT2D eigenvalue weighted by Crippen LogP contribution is -3.01. The minimum atomic E-state index is -1.87. The van der Waals surface area contributed by atoms with Crippen LogP contribution in [0.4, 0.5) is 0 Å². The van der Waals surface area contributed by atoms with Gasteiger partial charge in [0.25, 0.3) is 0 Å². The molecule has 8 heteroatoms. The van der Waals surface area contributed by atoms with Crippen LogP contribution in [0.2, 0.25) is 0 Å². The van der Waals surface area contributed by atoms with E-state index in [1.54, 1.807) is 5.32 Å². The molecule has 142 valence electrons. The average Bonchev–Trinajstić information content (AvgIpc) is 2.64. The second-order valence-corrected chi connectivity index (χ2v) is 6.64. The second kappa shape index (κ2) is 9.02. The summed E-state index contributed by atoms with van der Waals surface area (Å²) in [7, 11) is 0. The number of hydrogen-bond donors (Lipinski definition) is 7. The van der Waals surface area contributed by atoms with Gasteiger partial charge in [-0.1, -0.05) is 30.3 Å². The molecule has 8 N–H and O–H groups in total. The fraction of sp³-hybridized carbons (Fsp3) is 0.647. The molecule has 1 saturated carbocycles. The number of quaternary nitrogens is 1. The highest BCUT2D eigenvalue weighted by Crippen LogP contribution is 2.30. The van der Waals surface area contributed by atoms with Gasteiger partial charge in [0.15, 0.2) is 0 Å². The van der Waals surface area contributed by atoms with E-state index in [1.807, 2.05) is 30.3 Å². The van der Waals surface area contributed by atoms with Crippen molar-refractivity contribution in [2.45, 2.75) is 49.0 Å². The van der Waals surface area contributed by atoms with Gasteiger partial charge in [0.05, 0.1) is 26.4 Å². The van der Waals surface area contributed by atoms with Crippen LogP contribution in [0.25, 0.3) is 0 Å². The summed E-state index contributed by atoms with van der Waals surface area (Å²) in [6, 6.07) is 8.17. The van der Waals surface area contributed by atoms with E-state index < -0.39 is 42.6 Å². The van der Waals surface area contributed by atoms with Gasteiger partial charge in [-0.3, -0.25) is 0 Å². The Morgan fingerprint density at radius 1 is 1.12 bits per heavy atom. The first-order valence-electron chi connectivity index (χ1n) is 8.36. The highest BCUT2D eigenvalue weighted by Gasteiger charge is 2.54. The Balaban J connectivity index is 2.15.